The van der Waals surface area contributed by atoms with Gasteiger partial charge < -0.3 is 9.26 Å². The Bertz CT molecular complexity index is 1190. The van der Waals surface area contributed by atoms with Crippen molar-refractivity contribution in [2.24, 2.45) is 0 Å². The van der Waals surface area contributed by atoms with E-state index in [2.05, 4.69) is 29.0 Å². The van der Waals surface area contributed by atoms with Crippen LogP contribution in [0.5, 0.6) is 0 Å². The first kappa shape index (κ1) is 19.5. The molecule has 30 heavy (non-hydrogen) atoms. The van der Waals surface area contributed by atoms with Gasteiger partial charge in [-0.1, -0.05) is 67.5 Å². The standard InChI is InChI=1S/C24H21N3O3/c1-16(2)17-8-10-20(11-9-17)24-26-21(30-27-24)15-29-22(28)13-12-19-6-3-5-18-7-4-14-25-23(18)19/h3-14,16H,15H2,1-2H3/b13-12+. The molecular weight excluding hydrogens is 378 g/mol. The van der Waals surface area contributed by atoms with Crippen LogP contribution in [0.15, 0.2) is 71.4 Å². The summed E-state index contributed by atoms with van der Waals surface area (Å²) in [5.74, 6) is 0.668. The molecule has 0 bridgehead atoms. The van der Waals surface area contributed by atoms with Crippen molar-refractivity contribution in [2.75, 3.05) is 0 Å². The largest absolute Gasteiger partial charge is 0.452 e. The monoisotopic (exact) mass is 399 g/mol. The van der Waals surface area contributed by atoms with Gasteiger partial charge >= 0.3 is 5.97 Å². The fourth-order valence-electron chi connectivity index (χ4n) is 3.05. The van der Waals surface area contributed by atoms with Crippen molar-refractivity contribution in [1.82, 2.24) is 15.1 Å². The number of pyridine rings is 1. The SMILES string of the molecule is CC(C)c1ccc(-c2noc(COC(=O)/C=C/c3cccc4cccnc34)n2)cc1. The molecule has 0 fully saturated rings. The van der Waals surface area contributed by atoms with Crippen LogP contribution in [0.4, 0.5) is 0 Å². The van der Waals surface area contributed by atoms with E-state index in [1.165, 1.54) is 11.6 Å². The third kappa shape index (κ3) is 4.43. The molecule has 6 nitrogen and oxygen atoms in total. The number of nitrogens with zero attached hydrogens (tertiary/aromatic N) is 3. The normalized spacial score (nSPS) is 11.4. The van der Waals surface area contributed by atoms with Crippen molar-refractivity contribution in [3.8, 4) is 11.4 Å². The Morgan fingerprint density at radius 3 is 2.70 bits per heavy atom. The zero-order valence-corrected chi connectivity index (χ0v) is 16.8. The van der Waals surface area contributed by atoms with Crippen LogP contribution < -0.4 is 0 Å². The van der Waals surface area contributed by atoms with E-state index in [4.69, 9.17) is 9.26 Å². The molecule has 0 aliphatic rings. The number of esters is 1. The van der Waals surface area contributed by atoms with Crippen LogP contribution in [0.3, 0.4) is 0 Å². The third-order valence-electron chi connectivity index (χ3n) is 4.70. The predicted molar refractivity (Wildman–Crippen MR) is 114 cm³/mol. The van der Waals surface area contributed by atoms with Crippen molar-refractivity contribution in [1.29, 1.82) is 0 Å². The van der Waals surface area contributed by atoms with Crippen LogP contribution in [0.1, 0.15) is 36.8 Å². The van der Waals surface area contributed by atoms with E-state index < -0.39 is 5.97 Å². The molecule has 0 saturated carbocycles. The second-order valence-electron chi connectivity index (χ2n) is 7.15. The van der Waals surface area contributed by atoms with Crippen LogP contribution in [0, 0.1) is 0 Å². The van der Waals surface area contributed by atoms with Gasteiger partial charge in [-0.05, 0) is 23.6 Å². The van der Waals surface area contributed by atoms with E-state index in [9.17, 15) is 4.79 Å². The second-order valence-corrected chi connectivity index (χ2v) is 7.15. The van der Waals surface area contributed by atoms with Gasteiger partial charge in [0.1, 0.15) is 0 Å². The molecule has 0 radical (unpaired) electrons. The molecule has 0 saturated heterocycles. The summed E-state index contributed by atoms with van der Waals surface area (Å²) < 4.78 is 10.4. The lowest BCUT2D eigenvalue weighted by Crippen LogP contribution is -2.01. The van der Waals surface area contributed by atoms with Gasteiger partial charge in [-0.15, -0.1) is 0 Å². The smallest absolute Gasteiger partial charge is 0.331 e. The number of fused-ring (bicyclic) bond motifs is 1. The maximum atomic E-state index is 12.1. The Morgan fingerprint density at radius 1 is 1.10 bits per heavy atom. The molecule has 0 aliphatic carbocycles. The van der Waals surface area contributed by atoms with Gasteiger partial charge in [0.25, 0.3) is 5.89 Å². The summed E-state index contributed by atoms with van der Waals surface area (Å²) in [4.78, 5) is 20.7. The van der Waals surface area contributed by atoms with Crippen molar-refractivity contribution in [3.63, 3.8) is 0 Å². The van der Waals surface area contributed by atoms with Gasteiger partial charge in [0.2, 0.25) is 5.82 Å². The molecule has 150 valence electrons. The van der Waals surface area contributed by atoms with E-state index >= 15 is 0 Å². The van der Waals surface area contributed by atoms with E-state index in [0.29, 0.717) is 11.7 Å². The number of aromatic nitrogens is 3. The lowest BCUT2D eigenvalue weighted by Gasteiger charge is -2.04. The zero-order chi connectivity index (χ0) is 20.9. The maximum Gasteiger partial charge on any atom is 0.331 e. The number of rotatable bonds is 6. The van der Waals surface area contributed by atoms with Crippen LogP contribution in [-0.2, 0) is 16.1 Å². The highest BCUT2D eigenvalue weighted by atomic mass is 16.6. The topological polar surface area (TPSA) is 78.1 Å². The first-order chi connectivity index (χ1) is 14.6. The molecule has 0 spiro atoms. The van der Waals surface area contributed by atoms with Crippen LogP contribution >= 0.6 is 0 Å². The average molecular weight is 399 g/mol. The van der Waals surface area contributed by atoms with Gasteiger partial charge in [-0.2, -0.15) is 4.98 Å². The molecule has 2 heterocycles. The minimum absolute atomic E-state index is 0.0892. The number of ether oxygens (including phenoxy) is 1. The number of hydrogen-bond donors (Lipinski definition) is 0. The fraction of sp³-hybridized carbons (Fsp3) is 0.167. The van der Waals surface area contributed by atoms with Gasteiger partial charge in [-0.25, -0.2) is 4.79 Å². The van der Waals surface area contributed by atoms with Crippen LogP contribution in [0.25, 0.3) is 28.4 Å². The third-order valence-corrected chi connectivity index (χ3v) is 4.70. The van der Waals surface area contributed by atoms with Gasteiger partial charge in [0.05, 0.1) is 5.52 Å². The molecular formula is C24H21N3O3. The maximum absolute atomic E-state index is 12.1. The van der Waals surface area contributed by atoms with E-state index in [-0.39, 0.29) is 12.5 Å². The van der Waals surface area contributed by atoms with Crippen LogP contribution in [-0.4, -0.2) is 21.1 Å². The fourth-order valence-corrected chi connectivity index (χ4v) is 3.05. The van der Waals surface area contributed by atoms with Gasteiger partial charge in [-0.3, -0.25) is 4.98 Å². The Morgan fingerprint density at radius 2 is 1.90 bits per heavy atom. The summed E-state index contributed by atoms with van der Waals surface area (Å²) in [6.07, 6.45) is 4.78. The van der Waals surface area contributed by atoms with Crippen LogP contribution in [0.2, 0.25) is 0 Å². The summed E-state index contributed by atoms with van der Waals surface area (Å²) in [7, 11) is 0. The second kappa shape index (κ2) is 8.69. The molecule has 0 N–H and O–H groups in total. The molecule has 2 aromatic carbocycles. The average Bonchev–Trinajstić information content (AvgIpc) is 3.25. The quantitative estimate of drug-likeness (QED) is 0.329. The first-order valence-electron chi connectivity index (χ1n) is 9.71. The Kier molecular flexibility index (Phi) is 5.66. The molecule has 4 aromatic rings. The summed E-state index contributed by atoms with van der Waals surface area (Å²) in [5, 5.41) is 4.97. The van der Waals surface area contributed by atoms with Gasteiger partial charge in [0.15, 0.2) is 6.61 Å². The Labute approximate surface area is 174 Å². The number of carbonyl (C=O) groups excluding carboxylic acids is 1. The van der Waals surface area contributed by atoms with E-state index in [1.54, 1.807) is 12.3 Å². The summed E-state index contributed by atoms with van der Waals surface area (Å²) >= 11 is 0. The molecule has 0 amide bonds. The minimum Gasteiger partial charge on any atom is -0.452 e. The molecule has 6 heteroatoms. The molecule has 0 atom stereocenters. The predicted octanol–water partition coefficient (Wildman–Crippen LogP) is 5.16. The lowest BCUT2D eigenvalue weighted by atomic mass is 10.0. The van der Waals surface area contributed by atoms with Crippen molar-refractivity contribution in [3.05, 3.63) is 83.9 Å². The zero-order valence-electron chi connectivity index (χ0n) is 16.8. The summed E-state index contributed by atoms with van der Waals surface area (Å²) in [5.41, 5.74) is 3.76. The Balaban J connectivity index is 1.38. The molecule has 0 unspecified atom stereocenters. The van der Waals surface area contributed by atoms with Crippen molar-refractivity contribution >= 4 is 22.9 Å². The highest BCUT2D eigenvalue weighted by Gasteiger charge is 2.11. The number of hydrogen-bond acceptors (Lipinski definition) is 6. The molecule has 2 aromatic heterocycles. The molecule has 4 rings (SSSR count). The Hall–Kier alpha value is -3.80. The first-order valence-corrected chi connectivity index (χ1v) is 9.71. The number of benzene rings is 2. The lowest BCUT2D eigenvalue weighted by molar-refractivity contribution is -0.139. The number of carbonyl (C=O) groups is 1. The highest BCUT2D eigenvalue weighted by molar-refractivity contribution is 5.92. The minimum atomic E-state index is -0.496. The van der Waals surface area contributed by atoms with Crippen molar-refractivity contribution in [2.45, 2.75) is 26.4 Å². The molecule has 0 aliphatic heterocycles. The highest BCUT2D eigenvalue weighted by Crippen LogP contribution is 2.21. The van der Waals surface area contributed by atoms with E-state index in [0.717, 1.165) is 22.0 Å². The number of para-hydroxylation sites is 1. The van der Waals surface area contributed by atoms with E-state index in [1.807, 2.05) is 54.6 Å². The van der Waals surface area contributed by atoms with Crippen molar-refractivity contribution < 1.29 is 14.1 Å². The summed E-state index contributed by atoms with van der Waals surface area (Å²) in [6.45, 7) is 4.19. The van der Waals surface area contributed by atoms with Gasteiger partial charge in [0, 0.05) is 28.8 Å². The summed E-state index contributed by atoms with van der Waals surface area (Å²) in [6, 6.07) is 17.6.